The number of hydrogen-bond donors (Lipinski definition) is 1. The zero-order chi connectivity index (χ0) is 26.7. The minimum absolute atomic E-state index is 0.0249. The lowest BCUT2D eigenvalue weighted by molar-refractivity contribution is -0.139. The van der Waals surface area contributed by atoms with Gasteiger partial charge in [-0.05, 0) is 55.5 Å². The fourth-order valence-corrected chi connectivity index (χ4v) is 4.02. The first kappa shape index (κ1) is 28.7. The fraction of sp³-hybridized carbons (Fsp3) is 0.481. The van der Waals surface area contributed by atoms with Crippen LogP contribution in [0.1, 0.15) is 65.5 Å². The molecule has 3 aromatic rings. The second-order valence-electron chi connectivity index (χ2n) is 8.84. The number of amides is 2. The van der Waals surface area contributed by atoms with Crippen molar-refractivity contribution in [2.45, 2.75) is 66.0 Å². The number of halogens is 1. The lowest BCUT2D eigenvalue weighted by Gasteiger charge is -2.26. The molecule has 1 fully saturated rings. The van der Waals surface area contributed by atoms with Crippen LogP contribution in [-0.4, -0.2) is 44.2 Å². The average molecular weight is 500 g/mol. The number of nitrogens with zero attached hydrogens (tertiary/aromatic N) is 4. The molecule has 1 aliphatic rings. The number of aromatic nitrogens is 3. The summed E-state index contributed by atoms with van der Waals surface area (Å²) in [4.78, 5) is 26.9. The summed E-state index contributed by atoms with van der Waals surface area (Å²) in [6.07, 6.45) is 6.65. The molecule has 2 unspecified atom stereocenters. The number of rotatable bonds is 6. The van der Waals surface area contributed by atoms with E-state index in [9.17, 15) is 14.0 Å². The van der Waals surface area contributed by atoms with Gasteiger partial charge in [-0.3, -0.25) is 14.3 Å². The summed E-state index contributed by atoms with van der Waals surface area (Å²) < 4.78 is 20.6. The summed E-state index contributed by atoms with van der Waals surface area (Å²) in [6.45, 7) is 10.4. The molecule has 1 aliphatic heterocycles. The summed E-state index contributed by atoms with van der Waals surface area (Å²) in [7, 11) is 1.76. The predicted octanol–water partition coefficient (Wildman–Crippen LogP) is 5.14. The Labute approximate surface area is 212 Å². The van der Waals surface area contributed by atoms with Crippen molar-refractivity contribution < 1.29 is 18.5 Å². The molecule has 4 rings (SSSR count). The number of benzene rings is 1. The maximum absolute atomic E-state index is 14.7. The summed E-state index contributed by atoms with van der Waals surface area (Å²) >= 11 is 0. The minimum atomic E-state index is -0.442. The zero-order valence-corrected chi connectivity index (χ0v) is 22.1. The molecule has 0 bridgehead atoms. The van der Waals surface area contributed by atoms with Crippen molar-refractivity contribution in [1.82, 2.24) is 25.2 Å². The number of carbonyl (C=O) groups is 2. The van der Waals surface area contributed by atoms with Crippen molar-refractivity contribution in [2.75, 3.05) is 6.54 Å². The normalized spacial score (nSPS) is 15.4. The van der Waals surface area contributed by atoms with Gasteiger partial charge in [0.25, 0.3) is 0 Å². The third kappa shape index (κ3) is 7.76. The van der Waals surface area contributed by atoms with Crippen molar-refractivity contribution in [3.8, 4) is 11.3 Å². The van der Waals surface area contributed by atoms with Crippen LogP contribution in [-0.2, 0) is 16.6 Å². The molecule has 2 amide bonds. The van der Waals surface area contributed by atoms with Gasteiger partial charge in [0.15, 0.2) is 0 Å². The van der Waals surface area contributed by atoms with Gasteiger partial charge in [0.05, 0.1) is 17.9 Å². The van der Waals surface area contributed by atoms with Gasteiger partial charge in [-0.1, -0.05) is 38.9 Å². The van der Waals surface area contributed by atoms with E-state index in [0.29, 0.717) is 36.2 Å². The van der Waals surface area contributed by atoms with E-state index < -0.39 is 6.04 Å². The quantitative estimate of drug-likeness (QED) is 0.507. The Hall–Kier alpha value is -3.49. The molecule has 2 atom stereocenters. The molecule has 1 saturated heterocycles. The highest BCUT2D eigenvalue weighted by atomic mass is 19.1. The summed E-state index contributed by atoms with van der Waals surface area (Å²) in [5, 5.41) is 10.4. The monoisotopic (exact) mass is 499 g/mol. The number of carbonyl (C=O) groups excluding carboxylic acids is 2. The van der Waals surface area contributed by atoms with Crippen molar-refractivity contribution in [3.63, 3.8) is 0 Å². The average Bonchev–Trinajstić information content (AvgIpc) is 3.63. The van der Waals surface area contributed by atoms with E-state index in [1.165, 1.54) is 12.3 Å². The van der Waals surface area contributed by atoms with Gasteiger partial charge in [-0.15, -0.1) is 0 Å². The van der Waals surface area contributed by atoms with E-state index in [-0.39, 0.29) is 29.6 Å². The van der Waals surface area contributed by atoms with E-state index in [1.54, 1.807) is 47.2 Å². The molecular formula is C27H38FN5O3. The zero-order valence-electron chi connectivity index (χ0n) is 22.1. The van der Waals surface area contributed by atoms with Gasteiger partial charge in [-0.25, -0.2) is 4.39 Å². The molecule has 2 aromatic heterocycles. The molecule has 0 radical (unpaired) electrons. The molecule has 0 saturated carbocycles. The highest BCUT2D eigenvalue weighted by Gasteiger charge is 2.34. The van der Waals surface area contributed by atoms with Gasteiger partial charge in [0.2, 0.25) is 11.8 Å². The Morgan fingerprint density at radius 3 is 2.47 bits per heavy atom. The highest BCUT2D eigenvalue weighted by molar-refractivity contribution is 5.88. The lowest BCUT2D eigenvalue weighted by Crippen LogP contribution is -2.46. The number of likely N-dealkylation sites (tertiary alicyclic amines) is 1. The van der Waals surface area contributed by atoms with Crippen LogP contribution in [0.4, 0.5) is 4.39 Å². The SMILES string of the molecule is CC.CC(C)CC(=O)N1CCCC1C(=O)NC(C)c1ccc(-c2ccnn2C)c(F)c1.c1cnoc1. The van der Waals surface area contributed by atoms with Gasteiger partial charge < -0.3 is 14.7 Å². The van der Waals surface area contributed by atoms with Crippen molar-refractivity contribution >= 4 is 11.8 Å². The van der Waals surface area contributed by atoms with Crippen LogP contribution >= 0.6 is 0 Å². The van der Waals surface area contributed by atoms with E-state index in [0.717, 1.165) is 6.42 Å². The van der Waals surface area contributed by atoms with E-state index in [1.807, 2.05) is 40.7 Å². The van der Waals surface area contributed by atoms with E-state index in [2.05, 4.69) is 20.1 Å². The molecular weight excluding hydrogens is 461 g/mol. The number of aryl methyl sites for hydroxylation is 1. The molecule has 36 heavy (non-hydrogen) atoms. The standard InChI is InChI=1S/C22H29FN4O2.C3H3NO.C2H6/c1-14(2)12-21(28)27-11-5-6-20(27)22(29)25-15(3)16-7-8-17(18(23)13-16)19-9-10-24-26(19)4;1-2-4-5-3-1;1-2/h7-10,13-15,20H,5-6,11-12H2,1-4H3,(H,25,29);1-3H;1-2H3. The first-order valence-corrected chi connectivity index (χ1v) is 12.5. The van der Waals surface area contributed by atoms with E-state index >= 15 is 0 Å². The molecule has 1 aromatic carbocycles. The van der Waals surface area contributed by atoms with Crippen molar-refractivity contribution in [1.29, 1.82) is 0 Å². The predicted molar refractivity (Wildman–Crippen MR) is 137 cm³/mol. The molecule has 0 aliphatic carbocycles. The van der Waals surface area contributed by atoms with Crippen molar-refractivity contribution in [2.24, 2.45) is 13.0 Å². The third-order valence-corrected chi connectivity index (χ3v) is 5.75. The lowest BCUT2D eigenvalue weighted by atomic mass is 10.0. The summed E-state index contributed by atoms with van der Waals surface area (Å²) in [5.74, 6) is -0.256. The summed E-state index contributed by atoms with van der Waals surface area (Å²) in [5.41, 5.74) is 1.84. The molecule has 1 N–H and O–H groups in total. The summed E-state index contributed by atoms with van der Waals surface area (Å²) in [6, 6.07) is 7.64. The first-order chi connectivity index (χ1) is 17.3. The second-order valence-corrected chi connectivity index (χ2v) is 8.84. The van der Waals surface area contributed by atoms with Gasteiger partial charge in [-0.2, -0.15) is 5.10 Å². The Balaban J connectivity index is 0.000000570. The largest absolute Gasteiger partial charge is 0.365 e. The number of hydrogen-bond acceptors (Lipinski definition) is 5. The van der Waals surface area contributed by atoms with Crippen LogP contribution in [0.2, 0.25) is 0 Å². The molecule has 3 heterocycles. The van der Waals surface area contributed by atoms with Crippen LogP contribution in [0.3, 0.4) is 0 Å². The van der Waals surface area contributed by atoms with Crippen LogP contribution in [0.25, 0.3) is 11.3 Å². The maximum Gasteiger partial charge on any atom is 0.243 e. The van der Waals surface area contributed by atoms with Crippen LogP contribution < -0.4 is 5.32 Å². The Morgan fingerprint density at radius 2 is 1.94 bits per heavy atom. The maximum atomic E-state index is 14.7. The van der Waals surface area contributed by atoms with Crippen LogP contribution in [0, 0.1) is 11.7 Å². The Morgan fingerprint density at radius 1 is 1.19 bits per heavy atom. The van der Waals surface area contributed by atoms with Crippen LogP contribution in [0.15, 0.2) is 53.5 Å². The molecule has 8 nitrogen and oxygen atoms in total. The van der Waals surface area contributed by atoms with Crippen LogP contribution in [0.5, 0.6) is 0 Å². The van der Waals surface area contributed by atoms with Crippen molar-refractivity contribution in [3.05, 3.63) is 60.4 Å². The number of nitrogens with one attached hydrogen (secondary N) is 1. The molecule has 0 spiro atoms. The minimum Gasteiger partial charge on any atom is -0.365 e. The van der Waals surface area contributed by atoms with Gasteiger partial charge in [0.1, 0.15) is 18.1 Å². The van der Waals surface area contributed by atoms with Gasteiger partial charge in [0, 0.05) is 31.8 Å². The molecule has 9 heteroatoms. The van der Waals surface area contributed by atoms with Gasteiger partial charge >= 0.3 is 0 Å². The Bertz CT molecular complexity index is 1060. The first-order valence-electron chi connectivity index (χ1n) is 12.5. The Kier molecular flexibility index (Phi) is 11.3. The second kappa shape index (κ2) is 14.2. The highest BCUT2D eigenvalue weighted by Crippen LogP contribution is 2.26. The third-order valence-electron chi connectivity index (χ3n) is 5.75. The van der Waals surface area contributed by atoms with E-state index in [4.69, 9.17) is 0 Å². The fourth-order valence-electron chi connectivity index (χ4n) is 4.02. The molecule has 196 valence electrons. The smallest absolute Gasteiger partial charge is 0.243 e. The topological polar surface area (TPSA) is 93.3 Å².